The van der Waals surface area contributed by atoms with Gasteiger partial charge in [-0.2, -0.15) is 0 Å². The molecular weight excluding hydrogens is 620 g/mol. The largest absolute Gasteiger partial charge is 0.426 e. The molecule has 1 aromatic rings. The Labute approximate surface area is 295 Å². The van der Waals surface area contributed by atoms with E-state index in [4.69, 9.17) is 28.4 Å². The highest BCUT2D eigenvalue weighted by atomic mass is 16.5. The summed E-state index contributed by atoms with van der Waals surface area (Å²) in [5, 5.41) is 0. The fraction of sp³-hybridized carbons (Fsp3) is 0.805. The molecular formula is C41H64O8. The highest BCUT2D eigenvalue weighted by Crippen LogP contribution is 2.36. The monoisotopic (exact) mass is 684 g/mol. The van der Waals surface area contributed by atoms with Crippen molar-refractivity contribution in [3.05, 3.63) is 23.8 Å². The minimum absolute atomic E-state index is 0.0448. The molecule has 8 nitrogen and oxygen atoms in total. The average Bonchev–Trinajstić information content (AvgIpc) is 3.08. The smallest absolute Gasteiger partial charge is 0.314 e. The Hall–Kier alpha value is -2.00. The number of carbonyl (C=O) groups excluding carboxylic acids is 2. The van der Waals surface area contributed by atoms with Gasteiger partial charge in [0.25, 0.3) is 0 Å². The molecule has 0 unspecified atom stereocenters. The van der Waals surface area contributed by atoms with Crippen LogP contribution in [0.2, 0.25) is 0 Å². The average molecular weight is 685 g/mol. The Morgan fingerprint density at radius 3 is 1.55 bits per heavy atom. The molecule has 0 atom stereocenters. The van der Waals surface area contributed by atoms with Gasteiger partial charge in [-0.05, 0) is 120 Å². The zero-order valence-corrected chi connectivity index (χ0v) is 30.8. The van der Waals surface area contributed by atoms with E-state index in [1.165, 1.54) is 25.7 Å². The first-order valence-electron chi connectivity index (χ1n) is 19.7. The van der Waals surface area contributed by atoms with E-state index in [1.807, 2.05) is 13.0 Å². The SMILES string of the molecule is CCC1(COCCCCC2CCC(C(=O)Oc3ccc(OC(=O)C4CCC(CCCCOCC5(CC)COC5)CC4)c(C)c3)CC2)COC1. The van der Waals surface area contributed by atoms with E-state index in [9.17, 15) is 9.59 Å². The minimum atomic E-state index is -0.140. The fourth-order valence-corrected chi connectivity index (χ4v) is 7.98. The van der Waals surface area contributed by atoms with Crippen LogP contribution in [0.3, 0.4) is 0 Å². The minimum Gasteiger partial charge on any atom is -0.426 e. The molecule has 2 aliphatic heterocycles. The van der Waals surface area contributed by atoms with Gasteiger partial charge in [0.15, 0.2) is 0 Å². The van der Waals surface area contributed by atoms with E-state index in [2.05, 4.69) is 13.8 Å². The van der Waals surface area contributed by atoms with Crippen LogP contribution in [0, 0.1) is 41.4 Å². The molecule has 8 heteroatoms. The van der Waals surface area contributed by atoms with E-state index in [0.717, 1.165) is 135 Å². The summed E-state index contributed by atoms with van der Waals surface area (Å²) in [5.74, 6) is 2.09. The van der Waals surface area contributed by atoms with Crippen LogP contribution in [0.25, 0.3) is 0 Å². The molecule has 4 aliphatic rings. The van der Waals surface area contributed by atoms with Gasteiger partial charge in [-0.1, -0.05) is 39.5 Å². The van der Waals surface area contributed by atoms with Gasteiger partial charge in [0.2, 0.25) is 0 Å². The summed E-state index contributed by atoms with van der Waals surface area (Å²) in [6, 6.07) is 5.34. The Morgan fingerprint density at radius 2 is 1.14 bits per heavy atom. The molecule has 5 rings (SSSR count). The topological polar surface area (TPSA) is 89.5 Å². The second-order valence-corrected chi connectivity index (χ2v) is 16.0. The van der Waals surface area contributed by atoms with Crippen molar-refractivity contribution in [2.24, 2.45) is 34.5 Å². The lowest BCUT2D eigenvalue weighted by atomic mass is 9.80. The van der Waals surface area contributed by atoms with Gasteiger partial charge in [0.05, 0.1) is 51.5 Å². The van der Waals surface area contributed by atoms with Crippen molar-refractivity contribution in [2.45, 2.75) is 124 Å². The normalized spacial score (nSPS) is 25.9. The van der Waals surface area contributed by atoms with Crippen LogP contribution in [-0.4, -0.2) is 64.8 Å². The molecule has 0 spiro atoms. The van der Waals surface area contributed by atoms with Crippen LogP contribution in [0.15, 0.2) is 18.2 Å². The standard InChI is InChI=1S/C41H64O8/c1-4-40(27-46-28-40)25-44-22-8-6-10-32-12-16-34(17-13-32)38(42)48-36-20-21-37(31(3)24-36)49-39(43)35-18-14-33(15-19-35)11-7-9-23-45-26-41(5-2)29-47-30-41/h20-21,24,32-35H,4-19,22-23,25-30H2,1-3H3. The number of hydrogen-bond acceptors (Lipinski definition) is 8. The van der Waals surface area contributed by atoms with Crippen molar-refractivity contribution in [1.29, 1.82) is 0 Å². The summed E-state index contributed by atoms with van der Waals surface area (Å²) in [4.78, 5) is 26.0. The van der Waals surface area contributed by atoms with Crippen molar-refractivity contribution < 1.29 is 38.0 Å². The van der Waals surface area contributed by atoms with Crippen LogP contribution in [0.1, 0.15) is 122 Å². The first kappa shape index (κ1) is 38.2. The number of unbranched alkanes of at least 4 members (excludes halogenated alkanes) is 2. The van der Waals surface area contributed by atoms with E-state index in [0.29, 0.717) is 23.3 Å². The van der Waals surface area contributed by atoms with Crippen LogP contribution >= 0.6 is 0 Å². The summed E-state index contributed by atoms with van der Waals surface area (Å²) >= 11 is 0. The first-order valence-corrected chi connectivity index (χ1v) is 19.7. The number of carbonyl (C=O) groups is 2. The van der Waals surface area contributed by atoms with Gasteiger partial charge in [0, 0.05) is 24.0 Å². The Bertz CT molecular complexity index is 1150. The lowest BCUT2D eigenvalue weighted by Gasteiger charge is -2.40. The highest BCUT2D eigenvalue weighted by molar-refractivity contribution is 5.77. The number of hydrogen-bond donors (Lipinski definition) is 0. The second-order valence-electron chi connectivity index (χ2n) is 16.0. The van der Waals surface area contributed by atoms with Gasteiger partial charge >= 0.3 is 11.9 Å². The van der Waals surface area contributed by atoms with Crippen molar-refractivity contribution in [1.82, 2.24) is 0 Å². The predicted octanol–water partition coefficient (Wildman–Crippen LogP) is 8.65. The number of rotatable bonds is 20. The molecule has 2 saturated carbocycles. The maximum atomic E-state index is 13.0. The summed E-state index contributed by atoms with van der Waals surface area (Å²) in [6.45, 7) is 13.0. The molecule has 4 fully saturated rings. The molecule has 49 heavy (non-hydrogen) atoms. The molecule has 0 aromatic heterocycles. The van der Waals surface area contributed by atoms with E-state index >= 15 is 0 Å². The van der Waals surface area contributed by atoms with Gasteiger partial charge in [0.1, 0.15) is 11.5 Å². The second kappa shape index (κ2) is 19.0. The van der Waals surface area contributed by atoms with Gasteiger partial charge in [-0.25, -0.2) is 0 Å². The van der Waals surface area contributed by atoms with Gasteiger partial charge < -0.3 is 28.4 Å². The van der Waals surface area contributed by atoms with Crippen LogP contribution in [-0.2, 0) is 28.5 Å². The third-order valence-corrected chi connectivity index (χ3v) is 12.2. The Balaban J connectivity index is 0.912. The molecule has 2 heterocycles. The summed E-state index contributed by atoms with van der Waals surface area (Å²) in [6.07, 6.45) is 17.1. The number of benzene rings is 1. The van der Waals surface area contributed by atoms with Gasteiger partial charge in [-0.15, -0.1) is 0 Å². The third-order valence-electron chi connectivity index (χ3n) is 12.2. The van der Waals surface area contributed by atoms with Crippen LogP contribution in [0.4, 0.5) is 0 Å². The molecule has 0 amide bonds. The van der Waals surface area contributed by atoms with E-state index in [-0.39, 0.29) is 34.6 Å². The van der Waals surface area contributed by atoms with E-state index < -0.39 is 0 Å². The lowest BCUT2D eigenvalue weighted by molar-refractivity contribution is -0.150. The summed E-state index contributed by atoms with van der Waals surface area (Å²) < 4.78 is 34.3. The lowest BCUT2D eigenvalue weighted by Crippen LogP contribution is -2.45. The van der Waals surface area contributed by atoms with Crippen molar-refractivity contribution in [3.8, 4) is 11.5 Å². The van der Waals surface area contributed by atoms with Crippen LogP contribution in [0.5, 0.6) is 11.5 Å². The highest BCUT2D eigenvalue weighted by Gasteiger charge is 2.38. The van der Waals surface area contributed by atoms with Gasteiger partial charge in [-0.3, -0.25) is 9.59 Å². The predicted molar refractivity (Wildman–Crippen MR) is 190 cm³/mol. The maximum Gasteiger partial charge on any atom is 0.314 e. The molecule has 0 N–H and O–H groups in total. The number of ether oxygens (including phenoxy) is 6. The van der Waals surface area contributed by atoms with Crippen molar-refractivity contribution in [2.75, 3.05) is 52.9 Å². The zero-order chi connectivity index (χ0) is 34.5. The summed E-state index contributed by atoms with van der Waals surface area (Å²) in [5.41, 5.74) is 1.34. The Kier molecular flexibility index (Phi) is 14.8. The quantitative estimate of drug-likeness (QED) is 0.0766. The zero-order valence-electron chi connectivity index (χ0n) is 30.8. The molecule has 0 radical (unpaired) electrons. The molecule has 1 aromatic carbocycles. The molecule has 0 bridgehead atoms. The molecule has 2 saturated heterocycles. The van der Waals surface area contributed by atoms with Crippen molar-refractivity contribution in [3.63, 3.8) is 0 Å². The molecule has 276 valence electrons. The Morgan fingerprint density at radius 1 is 0.673 bits per heavy atom. The van der Waals surface area contributed by atoms with Crippen molar-refractivity contribution >= 4 is 11.9 Å². The first-order chi connectivity index (χ1) is 23.8. The van der Waals surface area contributed by atoms with E-state index in [1.54, 1.807) is 12.1 Å². The number of aryl methyl sites for hydroxylation is 1. The van der Waals surface area contributed by atoms with Crippen LogP contribution < -0.4 is 9.47 Å². The maximum absolute atomic E-state index is 13.0. The molecule has 2 aliphatic carbocycles. The third kappa shape index (κ3) is 11.2. The summed E-state index contributed by atoms with van der Waals surface area (Å²) in [7, 11) is 0. The fourth-order valence-electron chi connectivity index (χ4n) is 7.98. The number of esters is 2.